The molecule has 4 heteroatoms. The highest BCUT2D eigenvalue weighted by Gasteiger charge is 2.22. The minimum atomic E-state index is -0.0740. The van der Waals surface area contributed by atoms with E-state index in [0.717, 1.165) is 29.5 Å². The maximum absolute atomic E-state index is 12.1. The predicted molar refractivity (Wildman–Crippen MR) is 94.1 cm³/mol. The predicted octanol–water partition coefficient (Wildman–Crippen LogP) is 3.89. The summed E-state index contributed by atoms with van der Waals surface area (Å²) in [6.07, 6.45) is 5.86. The lowest BCUT2D eigenvalue weighted by Gasteiger charge is -2.22. The molecular weight excluding hydrogens is 298 g/mol. The van der Waals surface area contributed by atoms with Crippen LogP contribution in [0.1, 0.15) is 29.5 Å². The van der Waals surface area contributed by atoms with Crippen molar-refractivity contribution >= 4 is 17.8 Å². The Labute approximate surface area is 141 Å². The van der Waals surface area contributed by atoms with Crippen LogP contribution in [0.5, 0.6) is 0 Å². The monoisotopic (exact) mass is 317 g/mol. The van der Waals surface area contributed by atoms with Crippen molar-refractivity contribution in [2.24, 2.45) is 5.92 Å². The molecule has 1 fully saturated rings. The van der Waals surface area contributed by atoms with E-state index in [-0.39, 0.29) is 11.8 Å². The molecule has 1 aromatic carbocycles. The number of aromatic nitrogens is 1. The molecule has 4 nitrogen and oxygen atoms in total. The van der Waals surface area contributed by atoms with Gasteiger partial charge in [-0.1, -0.05) is 41.5 Å². The van der Waals surface area contributed by atoms with Crippen LogP contribution in [0.3, 0.4) is 0 Å². The number of hydrogen-bond donors (Lipinski definition) is 1. The van der Waals surface area contributed by atoms with Gasteiger partial charge >= 0.3 is 0 Å². The van der Waals surface area contributed by atoms with Crippen molar-refractivity contribution in [2.45, 2.75) is 26.2 Å². The molecule has 0 atom stereocenters. The summed E-state index contributed by atoms with van der Waals surface area (Å²) in [6, 6.07) is 13.9. The van der Waals surface area contributed by atoms with Gasteiger partial charge in [0.2, 0.25) is 5.91 Å². The number of benzene rings is 1. The highest BCUT2D eigenvalue weighted by Crippen LogP contribution is 2.33. The van der Waals surface area contributed by atoms with Gasteiger partial charge in [-0.25, -0.2) is 4.98 Å². The number of aryl methyl sites for hydroxylation is 1. The Morgan fingerprint density at radius 2 is 2.21 bits per heavy atom. The largest absolute Gasteiger partial charge is 0.310 e. The number of rotatable bonds is 4. The second-order valence-electron chi connectivity index (χ2n) is 6.23. The number of allylic oxidation sites excluding steroid dienone is 1. The molecule has 0 aliphatic heterocycles. The Balaban J connectivity index is 1.56. The number of nitrogens with one attached hydrogen (secondary N) is 1. The molecule has 1 aliphatic rings. The van der Waals surface area contributed by atoms with Crippen molar-refractivity contribution in [3.8, 4) is 6.07 Å². The van der Waals surface area contributed by atoms with Gasteiger partial charge in [0.05, 0.1) is 18.4 Å². The number of pyridine rings is 1. The first-order chi connectivity index (χ1) is 11.6. The lowest BCUT2D eigenvalue weighted by molar-refractivity contribution is -0.115. The van der Waals surface area contributed by atoms with E-state index in [1.54, 1.807) is 12.3 Å². The van der Waals surface area contributed by atoms with E-state index in [9.17, 15) is 4.79 Å². The van der Waals surface area contributed by atoms with Gasteiger partial charge in [-0.3, -0.25) is 4.79 Å². The Morgan fingerprint density at radius 1 is 1.38 bits per heavy atom. The maximum atomic E-state index is 12.1. The first-order valence-corrected chi connectivity index (χ1v) is 8.03. The zero-order valence-electron chi connectivity index (χ0n) is 13.6. The average Bonchev–Trinajstić information content (AvgIpc) is 2.52. The molecule has 0 radical (unpaired) electrons. The van der Waals surface area contributed by atoms with Gasteiger partial charge in [-0.05, 0) is 43.0 Å². The number of nitrogens with zero attached hydrogens (tertiary/aromatic N) is 2. The molecule has 1 aromatic heterocycles. The molecule has 1 aliphatic carbocycles. The fraction of sp³-hybridized carbons (Fsp3) is 0.250. The maximum Gasteiger partial charge on any atom is 0.229 e. The number of anilines is 1. The van der Waals surface area contributed by atoms with Crippen LogP contribution in [0.15, 0.2) is 48.2 Å². The first kappa shape index (κ1) is 15.9. The first-order valence-electron chi connectivity index (χ1n) is 8.03. The molecular formula is C20H19N3O. The van der Waals surface area contributed by atoms with Crippen molar-refractivity contribution in [2.75, 3.05) is 5.32 Å². The second-order valence-corrected chi connectivity index (χ2v) is 6.23. The smallest absolute Gasteiger partial charge is 0.229 e. The van der Waals surface area contributed by atoms with E-state index in [1.165, 1.54) is 5.57 Å². The summed E-state index contributed by atoms with van der Waals surface area (Å²) in [5.41, 5.74) is 4.41. The SMILES string of the molecule is Cc1cccc(CC(=O)Nc2ccc(C=C3CC(C#N)C3)cn2)c1. The average molecular weight is 317 g/mol. The highest BCUT2D eigenvalue weighted by atomic mass is 16.1. The lowest BCUT2D eigenvalue weighted by atomic mass is 9.80. The van der Waals surface area contributed by atoms with Gasteiger partial charge < -0.3 is 5.32 Å². The third kappa shape index (κ3) is 4.08. The summed E-state index contributed by atoms with van der Waals surface area (Å²) >= 11 is 0. The Morgan fingerprint density at radius 3 is 2.88 bits per heavy atom. The highest BCUT2D eigenvalue weighted by molar-refractivity contribution is 5.91. The van der Waals surface area contributed by atoms with Gasteiger partial charge in [-0.15, -0.1) is 0 Å². The summed E-state index contributed by atoms with van der Waals surface area (Å²) in [4.78, 5) is 16.4. The van der Waals surface area contributed by atoms with E-state index in [0.29, 0.717) is 12.2 Å². The topological polar surface area (TPSA) is 65.8 Å². The van der Waals surface area contributed by atoms with Crippen molar-refractivity contribution in [3.63, 3.8) is 0 Å². The summed E-state index contributed by atoms with van der Waals surface area (Å²) in [6.45, 7) is 2.01. The summed E-state index contributed by atoms with van der Waals surface area (Å²) in [7, 11) is 0. The zero-order valence-corrected chi connectivity index (χ0v) is 13.6. The molecule has 24 heavy (non-hydrogen) atoms. The minimum absolute atomic E-state index is 0.0740. The minimum Gasteiger partial charge on any atom is -0.310 e. The van der Waals surface area contributed by atoms with Crippen LogP contribution in [-0.2, 0) is 11.2 Å². The van der Waals surface area contributed by atoms with Crippen LogP contribution in [0, 0.1) is 24.2 Å². The van der Waals surface area contributed by atoms with Crippen LogP contribution < -0.4 is 5.32 Å². The van der Waals surface area contributed by atoms with Crippen LogP contribution in [0.25, 0.3) is 6.08 Å². The fourth-order valence-corrected chi connectivity index (χ4v) is 2.78. The number of amides is 1. The Kier molecular flexibility index (Phi) is 4.72. The number of carbonyl (C=O) groups excluding carboxylic acids is 1. The van der Waals surface area contributed by atoms with E-state index in [1.807, 2.05) is 37.3 Å². The van der Waals surface area contributed by atoms with E-state index >= 15 is 0 Å². The number of hydrogen-bond acceptors (Lipinski definition) is 3. The van der Waals surface area contributed by atoms with E-state index < -0.39 is 0 Å². The molecule has 1 amide bonds. The number of carbonyl (C=O) groups is 1. The standard InChI is InChI=1S/C20H19N3O/c1-14-3-2-4-15(7-14)11-20(24)23-19-6-5-16(13-22-19)8-17-9-18(10-17)12-21/h2-8,13,18H,9-11H2,1H3,(H,22,23,24). The second kappa shape index (κ2) is 7.10. The van der Waals surface area contributed by atoms with Crippen LogP contribution in [0.2, 0.25) is 0 Å². The van der Waals surface area contributed by atoms with Crippen LogP contribution >= 0.6 is 0 Å². The van der Waals surface area contributed by atoms with Gasteiger partial charge in [0.15, 0.2) is 0 Å². The Bertz CT molecular complexity index is 808. The molecule has 1 saturated carbocycles. The fourth-order valence-electron chi connectivity index (χ4n) is 2.78. The molecule has 0 unspecified atom stereocenters. The summed E-state index contributed by atoms with van der Waals surface area (Å²) in [5, 5.41) is 11.6. The normalized spacial score (nSPS) is 16.0. The van der Waals surface area contributed by atoms with Crippen molar-refractivity contribution in [1.82, 2.24) is 4.98 Å². The lowest BCUT2D eigenvalue weighted by Crippen LogP contribution is -2.15. The molecule has 2 aromatic rings. The zero-order chi connectivity index (χ0) is 16.9. The van der Waals surface area contributed by atoms with E-state index in [2.05, 4.69) is 22.4 Å². The molecule has 1 heterocycles. The molecule has 0 spiro atoms. The molecule has 120 valence electrons. The summed E-state index contributed by atoms with van der Waals surface area (Å²) in [5.74, 6) is 0.651. The van der Waals surface area contributed by atoms with Crippen LogP contribution in [0.4, 0.5) is 5.82 Å². The third-order valence-electron chi connectivity index (χ3n) is 4.07. The van der Waals surface area contributed by atoms with Gasteiger partial charge in [0, 0.05) is 6.20 Å². The molecule has 0 bridgehead atoms. The quantitative estimate of drug-likeness (QED) is 0.930. The third-order valence-corrected chi connectivity index (χ3v) is 4.07. The van der Waals surface area contributed by atoms with Crippen molar-refractivity contribution < 1.29 is 4.79 Å². The van der Waals surface area contributed by atoms with Crippen LogP contribution in [-0.4, -0.2) is 10.9 Å². The summed E-state index contributed by atoms with van der Waals surface area (Å²) < 4.78 is 0. The van der Waals surface area contributed by atoms with Crippen molar-refractivity contribution in [1.29, 1.82) is 5.26 Å². The molecule has 0 saturated heterocycles. The van der Waals surface area contributed by atoms with Gasteiger partial charge in [0.1, 0.15) is 5.82 Å². The van der Waals surface area contributed by atoms with Gasteiger partial charge in [0.25, 0.3) is 0 Å². The molecule has 1 N–H and O–H groups in total. The van der Waals surface area contributed by atoms with E-state index in [4.69, 9.17) is 5.26 Å². The number of nitriles is 1. The molecule has 3 rings (SSSR count). The van der Waals surface area contributed by atoms with Crippen molar-refractivity contribution in [3.05, 3.63) is 64.9 Å². The Hall–Kier alpha value is -2.93. The van der Waals surface area contributed by atoms with Gasteiger partial charge in [-0.2, -0.15) is 5.26 Å².